The van der Waals surface area contributed by atoms with Gasteiger partial charge in [-0.05, 0) is 50.1 Å². The number of benzene rings is 1. The molecule has 0 aliphatic heterocycles. The van der Waals surface area contributed by atoms with E-state index in [2.05, 4.69) is 20.9 Å². The van der Waals surface area contributed by atoms with Gasteiger partial charge in [0, 0.05) is 23.8 Å². The standard InChI is InChI=1S/C19H20ClN5O3/c1-12-11-14(20)6-7-15(12)28-10-3-5-16(26)22-23-19(27)17-13(2)24-25-9-4-8-21-18(17)25/h4,6-9,11H,3,5,10H2,1-2H3,(H,22,26)(H,23,27). The number of carbonyl (C=O) groups is 2. The minimum Gasteiger partial charge on any atom is -0.493 e. The van der Waals surface area contributed by atoms with Crippen LogP contribution in [0.3, 0.4) is 0 Å². The monoisotopic (exact) mass is 401 g/mol. The molecular weight excluding hydrogens is 382 g/mol. The summed E-state index contributed by atoms with van der Waals surface area (Å²) in [5, 5.41) is 4.87. The van der Waals surface area contributed by atoms with Gasteiger partial charge >= 0.3 is 0 Å². The van der Waals surface area contributed by atoms with Crippen LogP contribution in [0.2, 0.25) is 5.02 Å². The summed E-state index contributed by atoms with van der Waals surface area (Å²) in [5.41, 5.74) is 7.02. The van der Waals surface area contributed by atoms with E-state index in [1.54, 1.807) is 37.5 Å². The lowest BCUT2D eigenvalue weighted by Crippen LogP contribution is -2.41. The van der Waals surface area contributed by atoms with Crippen LogP contribution in [0, 0.1) is 13.8 Å². The Balaban J connectivity index is 1.45. The van der Waals surface area contributed by atoms with Crippen molar-refractivity contribution < 1.29 is 14.3 Å². The molecule has 0 aliphatic rings. The topological polar surface area (TPSA) is 97.6 Å². The maximum atomic E-state index is 12.4. The molecule has 3 rings (SSSR count). The van der Waals surface area contributed by atoms with E-state index in [-0.39, 0.29) is 12.3 Å². The number of fused-ring (bicyclic) bond motifs is 1. The molecule has 146 valence electrons. The van der Waals surface area contributed by atoms with E-state index in [1.807, 2.05) is 13.0 Å². The number of halogens is 1. The average molecular weight is 402 g/mol. The summed E-state index contributed by atoms with van der Waals surface area (Å²) in [6, 6.07) is 7.08. The first kappa shape index (κ1) is 19.6. The number of nitrogens with one attached hydrogen (secondary N) is 2. The van der Waals surface area contributed by atoms with Gasteiger partial charge in [0.25, 0.3) is 5.91 Å². The number of amides is 2. The Labute approximate surface area is 166 Å². The molecule has 0 saturated carbocycles. The first-order chi connectivity index (χ1) is 13.5. The molecule has 0 aliphatic carbocycles. The summed E-state index contributed by atoms with van der Waals surface area (Å²) < 4.78 is 7.16. The number of hydrogen-bond acceptors (Lipinski definition) is 5. The molecule has 0 saturated heterocycles. The summed E-state index contributed by atoms with van der Waals surface area (Å²) in [5.74, 6) is -0.0476. The fraction of sp³-hybridized carbons (Fsp3) is 0.263. The third-order valence-electron chi connectivity index (χ3n) is 4.06. The molecule has 0 atom stereocenters. The van der Waals surface area contributed by atoms with Crippen LogP contribution >= 0.6 is 11.6 Å². The normalized spacial score (nSPS) is 10.7. The predicted molar refractivity (Wildman–Crippen MR) is 104 cm³/mol. The summed E-state index contributed by atoms with van der Waals surface area (Å²) in [7, 11) is 0. The van der Waals surface area contributed by atoms with Gasteiger partial charge in [0.2, 0.25) is 5.91 Å². The highest BCUT2D eigenvalue weighted by Crippen LogP contribution is 2.21. The third kappa shape index (κ3) is 4.58. The summed E-state index contributed by atoms with van der Waals surface area (Å²) >= 11 is 5.91. The van der Waals surface area contributed by atoms with E-state index < -0.39 is 5.91 Å². The van der Waals surface area contributed by atoms with Gasteiger partial charge in [0.05, 0.1) is 12.3 Å². The SMILES string of the molecule is Cc1cc(Cl)ccc1OCCCC(=O)NNC(=O)c1c(C)nn2cccnc12. The largest absolute Gasteiger partial charge is 0.493 e. The number of aromatic nitrogens is 3. The van der Waals surface area contributed by atoms with E-state index in [0.717, 1.165) is 11.3 Å². The zero-order valence-corrected chi connectivity index (χ0v) is 16.3. The van der Waals surface area contributed by atoms with Crippen LogP contribution in [0.5, 0.6) is 5.75 Å². The number of hydrazine groups is 1. The van der Waals surface area contributed by atoms with Gasteiger partial charge in [-0.3, -0.25) is 20.4 Å². The van der Waals surface area contributed by atoms with Crippen molar-refractivity contribution in [3.8, 4) is 5.75 Å². The molecule has 2 N–H and O–H groups in total. The van der Waals surface area contributed by atoms with E-state index >= 15 is 0 Å². The molecule has 2 heterocycles. The van der Waals surface area contributed by atoms with Crippen LogP contribution in [0.15, 0.2) is 36.7 Å². The lowest BCUT2D eigenvalue weighted by atomic mass is 10.2. The molecule has 0 fully saturated rings. The Hall–Kier alpha value is -3.13. The van der Waals surface area contributed by atoms with E-state index in [4.69, 9.17) is 16.3 Å². The predicted octanol–water partition coefficient (Wildman–Crippen LogP) is 2.62. The van der Waals surface area contributed by atoms with E-state index in [0.29, 0.717) is 35.0 Å². The van der Waals surface area contributed by atoms with Gasteiger partial charge in [-0.2, -0.15) is 5.10 Å². The second kappa shape index (κ2) is 8.71. The summed E-state index contributed by atoms with van der Waals surface area (Å²) in [6.45, 7) is 3.99. The van der Waals surface area contributed by atoms with Crippen LogP contribution in [-0.4, -0.2) is 33.0 Å². The Morgan fingerprint density at radius 3 is 2.86 bits per heavy atom. The zero-order chi connectivity index (χ0) is 20.1. The maximum absolute atomic E-state index is 12.4. The molecule has 0 bridgehead atoms. The van der Waals surface area contributed by atoms with E-state index in [1.165, 1.54) is 4.52 Å². The van der Waals surface area contributed by atoms with Crippen LogP contribution in [0.1, 0.15) is 34.5 Å². The highest BCUT2D eigenvalue weighted by atomic mass is 35.5. The van der Waals surface area contributed by atoms with Gasteiger partial charge < -0.3 is 4.74 Å². The minimum absolute atomic E-state index is 0.207. The molecule has 9 heteroatoms. The van der Waals surface area contributed by atoms with Crippen molar-refractivity contribution >= 4 is 29.1 Å². The number of ether oxygens (including phenoxy) is 1. The molecule has 2 amide bonds. The second-order valence-electron chi connectivity index (χ2n) is 6.21. The highest BCUT2D eigenvalue weighted by molar-refractivity contribution is 6.30. The maximum Gasteiger partial charge on any atom is 0.275 e. The molecule has 0 radical (unpaired) electrons. The third-order valence-corrected chi connectivity index (χ3v) is 4.29. The molecule has 0 spiro atoms. The zero-order valence-electron chi connectivity index (χ0n) is 15.5. The van der Waals surface area contributed by atoms with Crippen molar-refractivity contribution in [2.75, 3.05) is 6.61 Å². The molecule has 28 heavy (non-hydrogen) atoms. The van der Waals surface area contributed by atoms with E-state index in [9.17, 15) is 9.59 Å². The van der Waals surface area contributed by atoms with Gasteiger partial charge in [-0.15, -0.1) is 0 Å². The quantitative estimate of drug-likeness (QED) is 0.488. The van der Waals surface area contributed by atoms with Crippen LogP contribution in [0.4, 0.5) is 0 Å². The lowest BCUT2D eigenvalue weighted by Gasteiger charge is -2.10. The summed E-state index contributed by atoms with van der Waals surface area (Å²) in [6.07, 6.45) is 3.99. The van der Waals surface area contributed by atoms with Crippen molar-refractivity contribution in [2.24, 2.45) is 0 Å². The van der Waals surface area contributed by atoms with Crippen molar-refractivity contribution in [1.29, 1.82) is 0 Å². The number of carbonyl (C=O) groups excluding carboxylic acids is 2. The number of nitrogens with zero attached hydrogens (tertiary/aromatic N) is 3. The summed E-state index contributed by atoms with van der Waals surface area (Å²) in [4.78, 5) is 28.5. The average Bonchev–Trinajstić information content (AvgIpc) is 3.00. The fourth-order valence-corrected chi connectivity index (χ4v) is 2.93. The highest BCUT2D eigenvalue weighted by Gasteiger charge is 2.18. The number of rotatable bonds is 6. The Kier molecular flexibility index (Phi) is 6.10. The van der Waals surface area contributed by atoms with Crippen LogP contribution in [0.25, 0.3) is 5.65 Å². The van der Waals surface area contributed by atoms with Crippen molar-refractivity contribution in [3.05, 3.63) is 58.5 Å². The van der Waals surface area contributed by atoms with Crippen LogP contribution in [-0.2, 0) is 4.79 Å². The Morgan fingerprint density at radius 1 is 1.25 bits per heavy atom. The van der Waals surface area contributed by atoms with Gasteiger partial charge in [-0.25, -0.2) is 9.50 Å². The molecule has 0 unspecified atom stereocenters. The molecule has 2 aromatic heterocycles. The molecular formula is C19H20ClN5O3. The molecule has 1 aromatic carbocycles. The smallest absolute Gasteiger partial charge is 0.275 e. The van der Waals surface area contributed by atoms with Gasteiger partial charge in [-0.1, -0.05) is 11.6 Å². The minimum atomic E-state index is -0.465. The molecule has 3 aromatic rings. The Morgan fingerprint density at radius 2 is 2.07 bits per heavy atom. The first-order valence-electron chi connectivity index (χ1n) is 8.74. The van der Waals surface area contributed by atoms with Crippen molar-refractivity contribution in [2.45, 2.75) is 26.7 Å². The second-order valence-corrected chi connectivity index (χ2v) is 6.65. The first-order valence-corrected chi connectivity index (χ1v) is 9.11. The van der Waals surface area contributed by atoms with Gasteiger partial charge in [0.15, 0.2) is 5.65 Å². The van der Waals surface area contributed by atoms with Crippen molar-refractivity contribution in [1.82, 2.24) is 25.4 Å². The van der Waals surface area contributed by atoms with Crippen LogP contribution < -0.4 is 15.6 Å². The molecule has 8 nitrogen and oxygen atoms in total. The number of aryl methyl sites for hydroxylation is 2. The lowest BCUT2D eigenvalue weighted by molar-refractivity contribution is -0.122. The van der Waals surface area contributed by atoms with Crippen molar-refractivity contribution in [3.63, 3.8) is 0 Å². The van der Waals surface area contributed by atoms with Gasteiger partial charge in [0.1, 0.15) is 11.3 Å². The fourth-order valence-electron chi connectivity index (χ4n) is 2.70. The number of hydrogen-bond donors (Lipinski definition) is 2. The Bertz CT molecular complexity index is 1020.